The fourth-order valence-electron chi connectivity index (χ4n) is 3.46. The first-order valence-electron chi connectivity index (χ1n) is 9.14. The SMILES string of the molecule is CC(C)(C)OC(=O)N1CCN2C(NCC(=O)N3CCCC3)=NCC2C1.I. The van der Waals surface area contributed by atoms with Crippen LogP contribution in [-0.4, -0.2) is 90.1 Å². The molecule has 1 unspecified atom stereocenters. The van der Waals surface area contributed by atoms with Gasteiger partial charge in [0, 0.05) is 32.7 Å². The quantitative estimate of drug-likeness (QED) is 0.601. The van der Waals surface area contributed by atoms with E-state index in [1.54, 1.807) is 4.90 Å². The number of rotatable bonds is 2. The third-order valence-corrected chi connectivity index (χ3v) is 4.71. The Morgan fingerprint density at radius 1 is 1.15 bits per heavy atom. The summed E-state index contributed by atoms with van der Waals surface area (Å²) in [5, 5.41) is 3.19. The predicted molar refractivity (Wildman–Crippen MR) is 110 cm³/mol. The number of nitrogens with one attached hydrogen (secondary N) is 1. The minimum absolute atomic E-state index is 0. The first kappa shape index (κ1) is 21.0. The summed E-state index contributed by atoms with van der Waals surface area (Å²) in [6.45, 7) is 10.2. The lowest BCUT2D eigenvalue weighted by atomic mass is 10.2. The number of carbonyl (C=O) groups is 2. The van der Waals surface area contributed by atoms with Gasteiger partial charge in [-0.25, -0.2) is 4.79 Å². The third kappa shape index (κ3) is 5.14. The molecular weight excluding hydrogens is 449 g/mol. The molecule has 2 amide bonds. The van der Waals surface area contributed by atoms with Gasteiger partial charge in [0.15, 0.2) is 5.96 Å². The maximum Gasteiger partial charge on any atom is 0.410 e. The van der Waals surface area contributed by atoms with E-state index >= 15 is 0 Å². The number of nitrogens with zero attached hydrogens (tertiary/aromatic N) is 4. The summed E-state index contributed by atoms with van der Waals surface area (Å²) in [7, 11) is 0. The first-order valence-corrected chi connectivity index (χ1v) is 9.14. The summed E-state index contributed by atoms with van der Waals surface area (Å²) in [4.78, 5) is 34.7. The minimum Gasteiger partial charge on any atom is -0.444 e. The van der Waals surface area contributed by atoms with Gasteiger partial charge in [0.2, 0.25) is 5.91 Å². The van der Waals surface area contributed by atoms with Gasteiger partial charge in [-0.3, -0.25) is 9.79 Å². The number of carbonyl (C=O) groups excluding carboxylic acids is 2. The van der Waals surface area contributed by atoms with Gasteiger partial charge in [-0.1, -0.05) is 0 Å². The Kier molecular flexibility index (Phi) is 6.98. The molecule has 3 aliphatic rings. The van der Waals surface area contributed by atoms with Gasteiger partial charge in [-0.05, 0) is 33.6 Å². The standard InChI is InChI=1S/C17H29N5O3.HI/c1-17(2,3)25-16(24)21-8-9-22-13(12-21)10-18-15(22)19-11-14(23)20-6-4-5-7-20;/h13H,4-12H2,1-3H3,(H,18,19);1H. The fraction of sp³-hybridized carbons (Fsp3) is 0.824. The second kappa shape index (κ2) is 8.62. The number of amides is 2. The van der Waals surface area contributed by atoms with Crippen molar-refractivity contribution in [3.63, 3.8) is 0 Å². The van der Waals surface area contributed by atoms with Gasteiger partial charge in [0.25, 0.3) is 0 Å². The normalized spacial score (nSPS) is 22.5. The van der Waals surface area contributed by atoms with E-state index in [4.69, 9.17) is 4.74 Å². The number of guanidine groups is 1. The number of halogens is 1. The van der Waals surface area contributed by atoms with Gasteiger partial charge in [-0.15, -0.1) is 24.0 Å². The van der Waals surface area contributed by atoms with Crippen molar-refractivity contribution in [1.82, 2.24) is 20.0 Å². The van der Waals surface area contributed by atoms with Gasteiger partial charge < -0.3 is 24.8 Å². The summed E-state index contributed by atoms with van der Waals surface area (Å²) in [6.07, 6.45) is 1.93. The zero-order chi connectivity index (χ0) is 18.0. The van der Waals surface area contributed by atoms with E-state index in [-0.39, 0.29) is 48.6 Å². The highest BCUT2D eigenvalue weighted by molar-refractivity contribution is 14.0. The Morgan fingerprint density at radius 2 is 1.85 bits per heavy atom. The van der Waals surface area contributed by atoms with Crippen LogP contribution in [-0.2, 0) is 9.53 Å². The summed E-state index contributed by atoms with van der Waals surface area (Å²) < 4.78 is 5.45. The van der Waals surface area contributed by atoms with Gasteiger partial charge in [-0.2, -0.15) is 0 Å². The number of fused-ring (bicyclic) bond motifs is 1. The average Bonchev–Trinajstić information content (AvgIpc) is 3.20. The Labute approximate surface area is 172 Å². The summed E-state index contributed by atoms with van der Waals surface area (Å²) >= 11 is 0. The highest BCUT2D eigenvalue weighted by Gasteiger charge is 2.36. The minimum atomic E-state index is -0.483. The molecule has 3 aliphatic heterocycles. The summed E-state index contributed by atoms with van der Waals surface area (Å²) in [5.41, 5.74) is -0.483. The van der Waals surface area contributed by atoms with Crippen molar-refractivity contribution >= 4 is 41.9 Å². The molecule has 1 atom stereocenters. The molecule has 0 aromatic heterocycles. The molecule has 0 saturated carbocycles. The topological polar surface area (TPSA) is 77.5 Å². The Hall–Kier alpha value is -1.26. The fourth-order valence-corrected chi connectivity index (χ4v) is 3.46. The van der Waals surface area contributed by atoms with Crippen LogP contribution in [0, 0.1) is 0 Å². The average molecular weight is 479 g/mol. The van der Waals surface area contributed by atoms with Crippen molar-refractivity contribution in [2.75, 3.05) is 45.8 Å². The number of hydrogen-bond donors (Lipinski definition) is 1. The monoisotopic (exact) mass is 479 g/mol. The van der Waals surface area contributed by atoms with E-state index in [1.165, 1.54) is 0 Å². The number of aliphatic imine (C=N–C) groups is 1. The largest absolute Gasteiger partial charge is 0.444 e. The van der Waals surface area contributed by atoms with Crippen molar-refractivity contribution in [2.45, 2.75) is 45.3 Å². The zero-order valence-electron chi connectivity index (χ0n) is 15.9. The van der Waals surface area contributed by atoms with Crippen LogP contribution in [0.2, 0.25) is 0 Å². The van der Waals surface area contributed by atoms with Crippen LogP contribution in [0.25, 0.3) is 0 Å². The Morgan fingerprint density at radius 3 is 2.50 bits per heavy atom. The zero-order valence-corrected chi connectivity index (χ0v) is 18.2. The molecule has 9 heteroatoms. The maximum absolute atomic E-state index is 12.2. The van der Waals surface area contributed by atoms with Crippen LogP contribution in [0.5, 0.6) is 0 Å². The van der Waals surface area contributed by atoms with Crippen molar-refractivity contribution in [2.24, 2.45) is 4.99 Å². The molecule has 0 aromatic rings. The van der Waals surface area contributed by atoms with E-state index in [9.17, 15) is 9.59 Å². The number of ether oxygens (including phenoxy) is 1. The number of hydrogen-bond acceptors (Lipinski definition) is 6. The predicted octanol–water partition coefficient (Wildman–Crippen LogP) is 1.11. The lowest BCUT2D eigenvalue weighted by Crippen LogP contribution is -2.58. The van der Waals surface area contributed by atoms with E-state index in [0.717, 1.165) is 31.9 Å². The molecule has 0 spiro atoms. The lowest BCUT2D eigenvalue weighted by molar-refractivity contribution is -0.128. The van der Waals surface area contributed by atoms with Crippen LogP contribution in [0.4, 0.5) is 4.79 Å². The van der Waals surface area contributed by atoms with Crippen LogP contribution < -0.4 is 5.32 Å². The smallest absolute Gasteiger partial charge is 0.410 e. The molecule has 0 bridgehead atoms. The molecule has 1 N–H and O–H groups in total. The second-order valence-corrected chi connectivity index (χ2v) is 7.88. The van der Waals surface area contributed by atoms with Gasteiger partial charge in [0.1, 0.15) is 5.60 Å². The van der Waals surface area contributed by atoms with Crippen LogP contribution >= 0.6 is 24.0 Å². The second-order valence-electron chi connectivity index (χ2n) is 7.88. The van der Waals surface area contributed by atoms with Gasteiger partial charge in [0.05, 0.1) is 19.1 Å². The Balaban J connectivity index is 0.00000243. The highest BCUT2D eigenvalue weighted by Crippen LogP contribution is 2.18. The highest BCUT2D eigenvalue weighted by atomic mass is 127. The molecule has 148 valence electrons. The van der Waals surface area contributed by atoms with Crippen molar-refractivity contribution in [3.8, 4) is 0 Å². The summed E-state index contributed by atoms with van der Waals surface area (Å²) in [6, 6.07) is 0.158. The third-order valence-electron chi connectivity index (χ3n) is 4.71. The molecule has 2 fully saturated rings. The molecule has 0 radical (unpaired) electrons. The Bertz CT molecular complexity index is 557. The molecule has 3 heterocycles. The van der Waals surface area contributed by atoms with Crippen molar-refractivity contribution in [1.29, 1.82) is 0 Å². The molecule has 0 aromatic carbocycles. The molecule has 8 nitrogen and oxygen atoms in total. The van der Waals surface area contributed by atoms with Crippen LogP contribution in [0.3, 0.4) is 0 Å². The van der Waals surface area contributed by atoms with Crippen LogP contribution in [0.15, 0.2) is 4.99 Å². The van der Waals surface area contributed by atoms with E-state index in [0.29, 0.717) is 26.2 Å². The van der Waals surface area contributed by atoms with E-state index in [1.807, 2.05) is 25.7 Å². The summed E-state index contributed by atoms with van der Waals surface area (Å²) in [5.74, 6) is 0.914. The molecule has 26 heavy (non-hydrogen) atoms. The van der Waals surface area contributed by atoms with Crippen molar-refractivity contribution < 1.29 is 14.3 Å². The lowest BCUT2D eigenvalue weighted by Gasteiger charge is -2.39. The number of piperazine rings is 1. The molecule has 3 rings (SSSR count). The molecule has 2 saturated heterocycles. The molecular formula is C17H30IN5O3. The van der Waals surface area contributed by atoms with Crippen LogP contribution in [0.1, 0.15) is 33.6 Å². The van der Waals surface area contributed by atoms with E-state index < -0.39 is 5.60 Å². The van der Waals surface area contributed by atoms with Crippen molar-refractivity contribution in [3.05, 3.63) is 0 Å². The number of likely N-dealkylation sites (tertiary alicyclic amines) is 1. The van der Waals surface area contributed by atoms with E-state index in [2.05, 4.69) is 15.2 Å². The maximum atomic E-state index is 12.2. The first-order chi connectivity index (χ1) is 11.8. The van der Waals surface area contributed by atoms with Gasteiger partial charge >= 0.3 is 6.09 Å². The molecule has 0 aliphatic carbocycles.